The molecule has 0 amide bonds. The van der Waals surface area contributed by atoms with Gasteiger partial charge < -0.3 is 10.6 Å². The second-order valence-electron chi connectivity index (χ2n) is 4.08. The Morgan fingerprint density at radius 3 is 2.71 bits per heavy atom. The summed E-state index contributed by atoms with van der Waals surface area (Å²) in [6.07, 6.45) is 1.64. The van der Waals surface area contributed by atoms with Gasteiger partial charge in [-0.2, -0.15) is 0 Å². The fraction of sp³-hybridized carbons (Fsp3) is 0.500. The Balaban J connectivity index is 2.54. The number of rotatable bonds is 7. The minimum Gasteiger partial charge on any atom is -0.330 e. The number of nitro benzene ring substituents is 1. The van der Waals surface area contributed by atoms with Crippen molar-refractivity contribution in [3.63, 3.8) is 0 Å². The van der Waals surface area contributed by atoms with Gasteiger partial charge in [0.2, 0.25) is 0 Å². The summed E-state index contributed by atoms with van der Waals surface area (Å²) in [6, 6.07) is 6.89. The minimum atomic E-state index is -0.324. The zero-order valence-electron chi connectivity index (χ0n) is 10.1. The predicted octanol–water partition coefficient (Wildman–Crippen LogP) is 1.42. The molecule has 0 unspecified atom stereocenters. The summed E-state index contributed by atoms with van der Waals surface area (Å²) in [5.41, 5.74) is 6.43. The molecule has 1 aromatic rings. The zero-order chi connectivity index (χ0) is 12.7. The van der Waals surface area contributed by atoms with Crippen LogP contribution >= 0.6 is 0 Å². The van der Waals surface area contributed by atoms with Crippen LogP contribution < -0.4 is 5.73 Å². The van der Waals surface area contributed by atoms with Gasteiger partial charge in [0.25, 0.3) is 5.69 Å². The smallest absolute Gasteiger partial charge is 0.272 e. The van der Waals surface area contributed by atoms with Crippen LogP contribution in [-0.2, 0) is 6.42 Å². The Hall–Kier alpha value is -1.46. The highest BCUT2D eigenvalue weighted by molar-refractivity contribution is 5.39. The second kappa shape index (κ2) is 6.98. The molecule has 0 aromatic heterocycles. The van der Waals surface area contributed by atoms with Gasteiger partial charge in [-0.25, -0.2) is 0 Å². The number of para-hydroxylation sites is 1. The first-order valence-electron chi connectivity index (χ1n) is 5.76. The first kappa shape index (κ1) is 13.6. The van der Waals surface area contributed by atoms with Gasteiger partial charge >= 0.3 is 0 Å². The van der Waals surface area contributed by atoms with E-state index in [1.807, 2.05) is 19.2 Å². The molecule has 17 heavy (non-hydrogen) atoms. The molecule has 0 fully saturated rings. The first-order valence-corrected chi connectivity index (χ1v) is 5.76. The van der Waals surface area contributed by atoms with Crippen molar-refractivity contribution >= 4 is 5.69 Å². The van der Waals surface area contributed by atoms with Crippen LogP contribution in [0.25, 0.3) is 0 Å². The molecule has 0 saturated carbocycles. The lowest BCUT2D eigenvalue weighted by molar-refractivity contribution is -0.385. The molecule has 0 atom stereocenters. The number of nitrogens with zero attached hydrogens (tertiary/aromatic N) is 2. The van der Waals surface area contributed by atoms with Gasteiger partial charge in [0.15, 0.2) is 0 Å². The van der Waals surface area contributed by atoms with E-state index < -0.39 is 0 Å². The van der Waals surface area contributed by atoms with Crippen LogP contribution in [0.1, 0.15) is 12.0 Å². The molecule has 94 valence electrons. The molecule has 0 heterocycles. The molecule has 0 aliphatic carbocycles. The van der Waals surface area contributed by atoms with Gasteiger partial charge in [-0.3, -0.25) is 10.1 Å². The average molecular weight is 237 g/mol. The molecule has 1 rings (SSSR count). The Morgan fingerprint density at radius 2 is 2.06 bits per heavy atom. The maximum atomic E-state index is 10.8. The van der Waals surface area contributed by atoms with Crippen molar-refractivity contribution in [1.29, 1.82) is 0 Å². The van der Waals surface area contributed by atoms with E-state index in [2.05, 4.69) is 4.90 Å². The molecular formula is C12H19N3O2. The topological polar surface area (TPSA) is 72.4 Å². The van der Waals surface area contributed by atoms with Crippen molar-refractivity contribution in [2.45, 2.75) is 12.8 Å². The van der Waals surface area contributed by atoms with Gasteiger partial charge in [-0.1, -0.05) is 18.2 Å². The Morgan fingerprint density at radius 1 is 1.35 bits per heavy atom. The number of nitrogens with two attached hydrogens (primary N) is 1. The highest BCUT2D eigenvalue weighted by Gasteiger charge is 2.12. The van der Waals surface area contributed by atoms with Crippen LogP contribution in [0.15, 0.2) is 24.3 Å². The SMILES string of the molecule is CN(CCCN)CCc1ccccc1[N+](=O)[O-]. The standard InChI is InChI=1S/C12H19N3O2/c1-14(9-4-8-13)10-7-11-5-2-3-6-12(11)15(16)17/h2-3,5-6H,4,7-10,13H2,1H3. The molecule has 0 radical (unpaired) electrons. The Kier molecular flexibility index (Phi) is 5.59. The van der Waals surface area contributed by atoms with E-state index >= 15 is 0 Å². The predicted molar refractivity (Wildman–Crippen MR) is 68.0 cm³/mol. The molecule has 0 saturated heterocycles. The number of hydrogen-bond donors (Lipinski definition) is 1. The molecule has 0 spiro atoms. The molecule has 0 aliphatic heterocycles. The quantitative estimate of drug-likeness (QED) is 0.575. The van der Waals surface area contributed by atoms with Gasteiger partial charge in [-0.15, -0.1) is 0 Å². The van der Waals surface area contributed by atoms with Crippen LogP contribution in [0.5, 0.6) is 0 Å². The van der Waals surface area contributed by atoms with Crippen molar-refractivity contribution in [3.05, 3.63) is 39.9 Å². The molecule has 0 bridgehead atoms. The lowest BCUT2D eigenvalue weighted by Gasteiger charge is -2.15. The van der Waals surface area contributed by atoms with E-state index in [4.69, 9.17) is 5.73 Å². The summed E-state index contributed by atoms with van der Waals surface area (Å²) < 4.78 is 0. The van der Waals surface area contributed by atoms with Crippen LogP contribution in [0.3, 0.4) is 0 Å². The maximum absolute atomic E-state index is 10.8. The van der Waals surface area contributed by atoms with Crippen LogP contribution in [0.2, 0.25) is 0 Å². The third-order valence-electron chi connectivity index (χ3n) is 2.70. The summed E-state index contributed by atoms with van der Waals surface area (Å²) in [4.78, 5) is 12.6. The minimum absolute atomic E-state index is 0.208. The van der Waals surface area contributed by atoms with Crippen molar-refractivity contribution < 1.29 is 4.92 Å². The van der Waals surface area contributed by atoms with Gasteiger partial charge in [-0.05, 0) is 33.0 Å². The lowest BCUT2D eigenvalue weighted by Crippen LogP contribution is -2.24. The molecule has 2 N–H and O–H groups in total. The summed E-state index contributed by atoms with van der Waals surface area (Å²) in [7, 11) is 2.00. The number of benzene rings is 1. The molecular weight excluding hydrogens is 218 g/mol. The van der Waals surface area contributed by atoms with Gasteiger partial charge in [0, 0.05) is 18.2 Å². The lowest BCUT2D eigenvalue weighted by atomic mass is 10.1. The highest BCUT2D eigenvalue weighted by Crippen LogP contribution is 2.18. The molecule has 1 aromatic carbocycles. The summed E-state index contributed by atoms with van der Waals surface area (Å²) in [5.74, 6) is 0. The summed E-state index contributed by atoms with van der Waals surface area (Å²) in [5, 5.41) is 10.8. The molecule has 5 heteroatoms. The molecule has 5 nitrogen and oxygen atoms in total. The third kappa shape index (κ3) is 4.50. The average Bonchev–Trinajstić information content (AvgIpc) is 2.34. The summed E-state index contributed by atoms with van der Waals surface area (Å²) >= 11 is 0. The molecule has 0 aliphatic rings. The van der Waals surface area contributed by atoms with E-state index in [0.717, 1.165) is 25.1 Å². The van der Waals surface area contributed by atoms with E-state index in [1.54, 1.807) is 12.1 Å². The summed E-state index contributed by atoms with van der Waals surface area (Å²) in [6.45, 7) is 2.41. The van der Waals surface area contributed by atoms with Crippen molar-refractivity contribution in [2.24, 2.45) is 5.73 Å². The van der Waals surface area contributed by atoms with Crippen LogP contribution in [-0.4, -0.2) is 36.5 Å². The van der Waals surface area contributed by atoms with Crippen molar-refractivity contribution in [1.82, 2.24) is 4.90 Å². The van der Waals surface area contributed by atoms with E-state index in [-0.39, 0.29) is 10.6 Å². The first-order chi connectivity index (χ1) is 8.15. The fourth-order valence-corrected chi connectivity index (χ4v) is 1.68. The second-order valence-corrected chi connectivity index (χ2v) is 4.08. The number of likely N-dealkylation sites (N-methyl/N-ethyl adjacent to an activating group) is 1. The fourth-order valence-electron chi connectivity index (χ4n) is 1.68. The van der Waals surface area contributed by atoms with Crippen LogP contribution in [0, 0.1) is 10.1 Å². The van der Waals surface area contributed by atoms with E-state index in [0.29, 0.717) is 13.0 Å². The highest BCUT2D eigenvalue weighted by atomic mass is 16.6. The third-order valence-corrected chi connectivity index (χ3v) is 2.70. The van der Waals surface area contributed by atoms with E-state index in [9.17, 15) is 10.1 Å². The Labute approximate surface area is 101 Å². The monoisotopic (exact) mass is 237 g/mol. The van der Waals surface area contributed by atoms with Gasteiger partial charge in [0.05, 0.1) is 4.92 Å². The number of nitro groups is 1. The zero-order valence-corrected chi connectivity index (χ0v) is 10.1. The number of hydrogen-bond acceptors (Lipinski definition) is 4. The normalized spacial score (nSPS) is 10.8. The van der Waals surface area contributed by atoms with Crippen molar-refractivity contribution in [2.75, 3.05) is 26.7 Å². The largest absolute Gasteiger partial charge is 0.330 e. The van der Waals surface area contributed by atoms with Gasteiger partial charge in [0.1, 0.15) is 0 Å². The van der Waals surface area contributed by atoms with Crippen LogP contribution in [0.4, 0.5) is 5.69 Å². The maximum Gasteiger partial charge on any atom is 0.272 e. The Bertz CT molecular complexity index is 369. The van der Waals surface area contributed by atoms with E-state index in [1.165, 1.54) is 0 Å². The van der Waals surface area contributed by atoms with Crippen molar-refractivity contribution in [3.8, 4) is 0 Å².